The molecule has 1 aliphatic rings. The summed E-state index contributed by atoms with van der Waals surface area (Å²) in [6.45, 7) is 5.13. The number of ether oxygens (including phenoxy) is 1. The van der Waals surface area contributed by atoms with Gasteiger partial charge < -0.3 is 10.5 Å². The molecule has 0 aliphatic heterocycles. The van der Waals surface area contributed by atoms with E-state index >= 15 is 0 Å². The molecule has 1 aromatic carbocycles. The van der Waals surface area contributed by atoms with Crippen molar-refractivity contribution in [1.82, 2.24) is 0 Å². The molecule has 0 spiro atoms. The van der Waals surface area contributed by atoms with Gasteiger partial charge in [0.25, 0.3) is 0 Å². The Hall–Kier alpha value is -0.860. The molecule has 1 fully saturated rings. The van der Waals surface area contributed by atoms with Gasteiger partial charge in [-0.25, -0.2) is 0 Å². The topological polar surface area (TPSA) is 35.2 Å². The zero-order valence-electron chi connectivity index (χ0n) is 10.1. The molecule has 2 rings (SSSR count). The van der Waals surface area contributed by atoms with Crippen LogP contribution in [0.5, 0.6) is 0 Å². The normalized spacial score (nSPS) is 33.4. The van der Waals surface area contributed by atoms with E-state index in [0.717, 1.165) is 12.8 Å². The molecule has 2 nitrogen and oxygen atoms in total. The van der Waals surface area contributed by atoms with Crippen LogP contribution in [0.1, 0.15) is 32.3 Å². The highest BCUT2D eigenvalue weighted by Gasteiger charge is 2.49. The van der Waals surface area contributed by atoms with Crippen LogP contribution in [0, 0.1) is 5.41 Å². The molecule has 0 bridgehead atoms. The summed E-state index contributed by atoms with van der Waals surface area (Å²) in [5.74, 6) is 0. The van der Waals surface area contributed by atoms with Crippen molar-refractivity contribution < 1.29 is 4.74 Å². The van der Waals surface area contributed by atoms with Crippen molar-refractivity contribution in [3.63, 3.8) is 0 Å². The second kappa shape index (κ2) is 4.56. The van der Waals surface area contributed by atoms with Crippen LogP contribution in [0.4, 0.5) is 0 Å². The summed E-state index contributed by atoms with van der Waals surface area (Å²) in [6, 6.07) is 10.6. The Morgan fingerprint density at radius 3 is 2.62 bits per heavy atom. The first-order valence-corrected chi connectivity index (χ1v) is 6.08. The van der Waals surface area contributed by atoms with E-state index in [-0.39, 0.29) is 5.41 Å². The van der Waals surface area contributed by atoms with Crippen LogP contribution in [0.2, 0.25) is 0 Å². The number of hydrogen-bond acceptors (Lipinski definition) is 2. The van der Waals surface area contributed by atoms with E-state index < -0.39 is 0 Å². The monoisotopic (exact) mass is 219 g/mol. The van der Waals surface area contributed by atoms with Crippen molar-refractivity contribution in [3.05, 3.63) is 35.9 Å². The quantitative estimate of drug-likeness (QED) is 0.845. The summed E-state index contributed by atoms with van der Waals surface area (Å²) in [4.78, 5) is 0. The molecule has 0 aromatic heterocycles. The first-order valence-electron chi connectivity index (χ1n) is 6.08. The standard InChI is InChI=1S/C14H21NO/c1-3-14(2)12(15)9-13(14)16-10-11-7-5-4-6-8-11/h4-8,12-13H,3,9-10,15H2,1-2H3. The van der Waals surface area contributed by atoms with Gasteiger partial charge in [0.2, 0.25) is 0 Å². The SMILES string of the molecule is CCC1(C)C(N)CC1OCc1ccccc1. The lowest BCUT2D eigenvalue weighted by Gasteiger charge is -2.51. The maximum atomic E-state index is 6.05. The molecule has 1 aromatic rings. The summed E-state index contributed by atoms with van der Waals surface area (Å²) < 4.78 is 5.96. The van der Waals surface area contributed by atoms with Crippen LogP contribution in [-0.2, 0) is 11.3 Å². The average Bonchev–Trinajstić information content (AvgIpc) is 2.34. The van der Waals surface area contributed by atoms with Crippen LogP contribution < -0.4 is 5.73 Å². The third-order valence-corrected chi connectivity index (χ3v) is 4.11. The Labute approximate surface area is 97.8 Å². The predicted molar refractivity (Wildman–Crippen MR) is 66.0 cm³/mol. The molecule has 0 heterocycles. The fourth-order valence-corrected chi connectivity index (χ4v) is 2.37. The summed E-state index contributed by atoms with van der Waals surface area (Å²) in [5.41, 5.74) is 7.46. The molecule has 2 N–H and O–H groups in total. The van der Waals surface area contributed by atoms with Gasteiger partial charge in [-0.2, -0.15) is 0 Å². The zero-order valence-corrected chi connectivity index (χ0v) is 10.1. The van der Waals surface area contributed by atoms with E-state index in [1.54, 1.807) is 0 Å². The molecule has 0 radical (unpaired) electrons. The van der Waals surface area contributed by atoms with Gasteiger partial charge in [0.15, 0.2) is 0 Å². The first-order chi connectivity index (χ1) is 7.66. The maximum absolute atomic E-state index is 6.05. The third kappa shape index (κ3) is 2.00. The first kappa shape index (κ1) is 11.6. The molecule has 0 amide bonds. The Morgan fingerprint density at radius 1 is 1.38 bits per heavy atom. The second-order valence-corrected chi connectivity index (χ2v) is 4.99. The van der Waals surface area contributed by atoms with Crippen molar-refractivity contribution in [2.24, 2.45) is 11.1 Å². The Balaban J connectivity index is 1.88. The van der Waals surface area contributed by atoms with E-state index in [2.05, 4.69) is 26.0 Å². The van der Waals surface area contributed by atoms with E-state index in [9.17, 15) is 0 Å². The van der Waals surface area contributed by atoms with Crippen molar-refractivity contribution in [3.8, 4) is 0 Å². The van der Waals surface area contributed by atoms with E-state index in [1.165, 1.54) is 5.56 Å². The van der Waals surface area contributed by atoms with Crippen molar-refractivity contribution >= 4 is 0 Å². The summed E-state index contributed by atoms with van der Waals surface area (Å²) in [6.07, 6.45) is 2.41. The molecular formula is C14H21NO. The van der Waals surface area contributed by atoms with E-state index in [0.29, 0.717) is 18.8 Å². The summed E-state index contributed by atoms with van der Waals surface area (Å²) >= 11 is 0. The molecule has 88 valence electrons. The van der Waals surface area contributed by atoms with Gasteiger partial charge in [0.05, 0.1) is 12.7 Å². The minimum absolute atomic E-state index is 0.175. The number of benzene rings is 1. The lowest BCUT2D eigenvalue weighted by molar-refractivity contribution is -0.126. The van der Waals surface area contributed by atoms with Crippen LogP contribution in [0.3, 0.4) is 0 Å². The van der Waals surface area contributed by atoms with E-state index in [4.69, 9.17) is 10.5 Å². The van der Waals surface area contributed by atoms with Gasteiger partial charge in [0, 0.05) is 11.5 Å². The molecule has 0 saturated heterocycles. The molecule has 16 heavy (non-hydrogen) atoms. The zero-order chi connectivity index (χ0) is 11.6. The summed E-state index contributed by atoms with van der Waals surface area (Å²) in [7, 11) is 0. The maximum Gasteiger partial charge on any atom is 0.0720 e. The van der Waals surface area contributed by atoms with Gasteiger partial charge in [-0.05, 0) is 18.4 Å². The van der Waals surface area contributed by atoms with Gasteiger partial charge in [-0.1, -0.05) is 44.2 Å². The van der Waals surface area contributed by atoms with E-state index in [1.807, 2.05) is 18.2 Å². The largest absolute Gasteiger partial charge is 0.373 e. The van der Waals surface area contributed by atoms with Crippen LogP contribution >= 0.6 is 0 Å². The number of rotatable bonds is 4. The van der Waals surface area contributed by atoms with Crippen LogP contribution in [0.25, 0.3) is 0 Å². The minimum atomic E-state index is 0.175. The minimum Gasteiger partial charge on any atom is -0.373 e. The highest BCUT2D eigenvalue weighted by Crippen LogP contribution is 2.44. The van der Waals surface area contributed by atoms with Crippen LogP contribution in [-0.4, -0.2) is 12.1 Å². The van der Waals surface area contributed by atoms with Gasteiger partial charge in [-0.15, -0.1) is 0 Å². The highest BCUT2D eigenvalue weighted by molar-refractivity contribution is 5.14. The second-order valence-electron chi connectivity index (χ2n) is 4.99. The van der Waals surface area contributed by atoms with Crippen LogP contribution in [0.15, 0.2) is 30.3 Å². The molecular weight excluding hydrogens is 198 g/mol. The average molecular weight is 219 g/mol. The Kier molecular flexibility index (Phi) is 3.31. The number of hydrogen-bond donors (Lipinski definition) is 1. The fourth-order valence-electron chi connectivity index (χ4n) is 2.37. The Bertz CT molecular complexity index is 338. The van der Waals surface area contributed by atoms with Gasteiger partial charge in [-0.3, -0.25) is 0 Å². The molecule has 3 unspecified atom stereocenters. The van der Waals surface area contributed by atoms with Crippen molar-refractivity contribution in [2.75, 3.05) is 0 Å². The fraction of sp³-hybridized carbons (Fsp3) is 0.571. The predicted octanol–water partition coefficient (Wildman–Crippen LogP) is 2.72. The van der Waals surface area contributed by atoms with Crippen molar-refractivity contribution in [2.45, 2.75) is 45.4 Å². The lowest BCUT2D eigenvalue weighted by atomic mass is 9.62. The van der Waals surface area contributed by atoms with Gasteiger partial charge >= 0.3 is 0 Å². The molecule has 2 heteroatoms. The molecule has 3 atom stereocenters. The highest BCUT2D eigenvalue weighted by atomic mass is 16.5. The Morgan fingerprint density at radius 2 is 2.06 bits per heavy atom. The molecule has 1 aliphatic carbocycles. The number of nitrogens with two attached hydrogens (primary N) is 1. The lowest BCUT2D eigenvalue weighted by Crippen LogP contribution is -2.60. The smallest absolute Gasteiger partial charge is 0.0720 e. The third-order valence-electron chi connectivity index (χ3n) is 4.11. The van der Waals surface area contributed by atoms with Gasteiger partial charge in [0.1, 0.15) is 0 Å². The van der Waals surface area contributed by atoms with Crippen molar-refractivity contribution in [1.29, 1.82) is 0 Å². The summed E-state index contributed by atoms with van der Waals surface area (Å²) in [5, 5.41) is 0. The molecule has 1 saturated carbocycles.